The zero-order chi connectivity index (χ0) is 12.8. The Kier molecular flexibility index (Phi) is 9.06. The summed E-state index contributed by atoms with van der Waals surface area (Å²) in [6.07, 6.45) is 8.94. The van der Waals surface area contributed by atoms with Crippen molar-refractivity contribution in [1.29, 1.82) is 0 Å². The van der Waals surface area contributed by atoms with Gasteiger partial charge in [-0.25, -0.2) is 22.3 Å². The van der Waals surface area contributed by atoms with E-state index in [-0.39, 0.29) is 51.9 Å². The second kappa shape index (κ2) is 8.04. The Morgan fingerprint density at radius 1 is 0.750 bits per heavy atom. The summed E-state index contributed by atoms with van der Waals surface area (Å²) in [5, 5.41) is 0. The predicted molar refractivity (Wildman–Crippen MR) is 73.3 cm³/mol. The van der Waals surface area contributed by atoms with Gasteiger partial charge in [0.1, 0.15) is 0 Å². The summed E-state index contributed by atoms with van der Waals surface area (Å²) in [4.78, 5) is 0. The van der Waals surface area contributed by atoms with Gasteiger partial charge in [0.25, 0.3) is 0 Å². The van der Waals surface area contributed by atoms with Crippen LogP contribution in [0, 0.1) is 17.6 Å². The van der Waals surface area contributed by atoms with E-state index in [1.165, 1.54) is 33.4 Å². The molecule has 108 valence electrons. The largest absolute Gasteiger partial charge is 4.00 e. The molecule has 2 rings (SSSR count). The van der Waals surface area contributed by atoms with Crippen LogP contribution in [0.15, 0.2) is 33.4 Å². The zero-order valence-corrected chi connectivity index (χ0v) is 16.2. The van der Waals surface area contributed by atoms with Crippen molar-refractivity contribution in [1.82, 2.24) is 0 Å². The Hall–Kier alpha value is 0.254. The van der Waals surface area contributed by atoms with Gasteiger partial charge in [0.2, 0.25) is 0 Å². The van der Waals surface area contributed by atoms with Gasteiger partial charge in [-0.3, -0.25) is 12.2 Å². The molecule has 2 aliphatic rings. The maximum Gasteiger partial charge on any atom is 4.00 e. The second-order valence-electron chi connectivity index (χ2n) is 5.89. The van der Waals surface area contributed by atoms with Gasteiger partial charge >= 0.3 is 21.7 Å². The molecule has 0 aromatic heterocycles. The molecule has 0 fully saturated rings. The summed E-state index contributed by atoms with van der Waals surface area (Å²) in [6, 6.07) is 0. The molecule has 0 unspecified atom stereocenters. The van der Waals surface area contributed by atoms with E-state index in [1.54, 1.807) is 0 Å². The standard InChI is InChI=1S/C17H22.2ClH.Ti/c1-11-7-8-12(2)15(11)17(5,6)16-13(3)9-10-14(16)4;;;/h7,9H2,1-6H3;2*1H;/q-2;;;+4/p-2. The SMILES string of the molecule is CC1=[C-]CC(C)=C1C(C)(C)C1=C(C)C[C-]=C1C.[Cl-].[Cl-].[Ti+4]. The third-order valence-corrected chi connectivity index (χ3v) is 4.09. The third kappa shape index (κ3) is 3.71. The van der Waals surface area contributed by atoms with Crippen LogP contribution in [0.25, 0.3) is 0 Å². The fourth-order valence-corrected chi connectivity index (χ4v) is 3.65. The molecule has 3 heteroatoms. The summed E-state index contributed by atoms with van der Waals surface area (Å²) in [6.45, 7) is 13.6. The number of halogens is 2. The van der Waals surface area contributed by atoms with E-state index >= 15 is 0 Å². The molecule has 0 spiro atoms. The average Bonchev–Trinajstić information content (AvgIpc) is 2.71. The van der Waals surface area contributed by atoms with Crippen LogP contribution in [0.2, 0.25) is 0 Å². The minimum Gasteiger partial charge on any atom is -1.00 e. The van der Waals surface area contributed by atoms with Crippen LogP contribution in [-0.2, 0) is 21.7 Å². The van der Waals surface area contributed by atoms with Crippen molar-refractivity contribution in [3.8, 4) is 0 Å². The average molecular weight is 345 g/mol. The van der Waals surface area contributed by atoms with Crippen molar-refractivity contribution >= 4 is 0 Å². The Labute approximate surface area is 151 Å². The summed E-state index contributed by atoms with van der Waals surface area (Å²) >= 11 is 0. The van der Waals surface area contributed by atoms with Gasteiger partial charge in [0, 0.05) is 0 Å². The van der Waals surface area contributed by atoms with E-state index in [4.69, 9.17) is 0 Å². The van der Waals surface area contributed by atoms with Gasteiger partial charge in [-0.15, -0.1) is 18.3 Å². The molecule has 0 radical (unpaired) electrons. The number of hydrogen-bond acceptors (Lipinski definition) is 0. The van der Waals surface area contributed by atoms with Crippen LogP contribution in [0.5, 0.6) is 0 Å². The first-order valence-corrected chi connectivity index (χ1v) is 6.41. The fraction of sp³-hybridized carbons (Fsp3) is 0.529. The van der Waals surface area contributed by atoms with Crippen molar-refractivity contribution < 1.29 is 46.5 Å². The quantitative estimate of drug-likeness (QED) is 0.443. The molecule has 20 heavy (non-hydrogen) atoms. The van der Waals surface area contributed by atoms with Gasteiger partial charge in [0.05, 0.1) is 0 Å². The van der Waals surface area contributed by atoms with Crippen LogP contribution in [0.4, 0.5) is 0 Å². The topological polar surface area (TPSA) is 0 Å². The van der Waals surface area contributed by atoms with Crippen LogP contribution < -0.4 is 24.8 Å². The Bertz CT molecular complexity index is 447. The van der Waals surface area contributed by atoms with E-state index in [0.29, 0.717) is 0 Å². The normalized spacial score (nSPS) is 18.1. The first-order chi connectivity index (χ1) is 7.85. The monoisotopic (exact) mass is 344 g/mol. The molecule has 0 atom stereocenters. The van der Waals surface area contributed by atoms with Crippen LogP contribution in [0.3, 0.4) is 0 Å². The van der Waals surface area contributed by atoms with E-state index in [2.05, 4.69) is 53.7 Å². The molecule has 0 saturated heterocycles. The molecule has 0 aromatic carbocycles. The van der Waals surface area contributed by atoms with Crippen molar-refractivity contribution in [2.45, 2.75) is 54.4 Å². The predicted octanol–water partition coefficient (Wildman–Crippen LogP) is -1.04. The maximum absolute atomic E-state index is 3.47. The molecule has 0 aromatic rings. The fourth-order valence-electron chi connectivity index (χ4n) is 3.65. The Morgan fingerprint density at radius 3 is 1.25 bits per heavy atom. The molecular formula is C17H22Cl2Ti. The summed E-state index contributed by atoms with van der Waals surface area (Å²) < 4.78 is 0. The van der Waals surface area contributed by atoms with Crippen molar-refractivity contribution in [3.63, 3.8) is 0 Å². The van der Waals surface area contributed by atoms with Gasteiger partial charge in [-0.1, -0.05) is 41.5 Å². The molecular weight excluding hydrogens is 323 g/mol. The first-order valence-electron chi connectivity index (χ1n) is 6.41. The van der Waals surface area contributed by atoms with Gasteiger partial charge in [-0.2, -0.15) is 11.1 Å². The van der Waals surface area contributed by atoms with Gasteiger partial charge in [0.15, 0.2) is 0 Å². The van der Waals surface area contributed by atoms with E-state index in [1.807, 2.05) is 0 Å². The van der Waals surface area contributed by atoms with Crippen LogP contribution >= 0.6 is 0 Å². The molecule has 0 bridgehead atoms. The molecule has 0 aliphatic heterocycles. The van der Waals surface area contributed by atoms with E-state index < -0.39 is 0 Å². The molecule has 0 heterocycles. The van der Waals surface area contributed by atoms with Crippen molar-refractivity contribution in [2.75, 3.05) is 0 Å². The molecule has 0 N–H and O–H groups in total. The molecule has 0 nitrogen and oxygen atoms in total. The second-order valence-corrected chi connectivity index (χ2v) is 5.89. The minimum absolute atomic E-state index is 0. The smallest absolute Gasteiger partial charge is 1.00 e. The Morgan fingerprint density at radius 2 is 1.05 bits per heavy atom. The van der Waals surface area contributed by atoms with Crippen LogP contribution in [-0.4, -0.2) is 0 Å². The van der Waals surface area contributed by atoms with Gasteiger partial charge < -0.3 is 24.8 Å². The summed E-state index contributed by atoms with van der Waals surface area (Å²) in [5.41, 5.74) is 8.74. The zero-order valence-electron chi connectivity index (χ0n) is 13.2. The summed E-state index contributed by atoms with van der Waals surface area (Å²) in [5.74, 6) is 0. The van der Waals surface area contributed by atoms with Crippen molar-refractivity contribution in [3.05, 3.63) is 45.6 Å². The van der Waals surface area contributed by atoms with Crippen LogP contribution in [0.1, 0.15) is 54.4 Å². The number of hydrogen-bond donors (Lipinski definition) is 0. The summed E-state index contributed by atoms with van der Waals surface area (Å²) in [7, 11) is 0. The Balaban J connectivity index is 0. The minimum atomic E-state index is 0. The maximum atomic E-state index is 3.47. The van der Waals surface area contributed by atoms with Gasteiger partial charge in [-0.05, 0) is 0 Å². The van der Waals surface area contributed by atoms with Crippen molar-refractivity contribution in [2.24, 2.45) is 5.41 Å². The van der Waals surface area contributed by atoms with E-state index in [0.717, 1.165) is 12.8 Å². The first kappa shape index (κ1) is 22.5. The molecule has 0 amide bonds. The number of rotatable bonds is 2. The number of allylic oxidation sites excluding steroid dienone is 8. The third-order valence-electron chi connectivity index (χ3n) is 4.09. The molecule has 0 saturated carbocycles. The van der Waals surface area contributed by atoms with E-state index in [9.17, 15) is 0 Å². The molecule has 2 aliphatic carbocycles.